The molecule has 90 valence electrons. The van der Waals surface area contributed by atoms with E-state index in [1.807, 2.05) is 18.0 Å². The lowest BCUT2D eigenvalue weighted by atomic mass is 10.1. The maximum atomic E-state index is 11.3. The van der Waals surface area contributed by atoms with Gasteiger partial charge in [-0.25, -0.2) is 4.79 Å². The molecule has 0 amide bonds. The van der Waals surface area contributed by atoms with Crippen LogP contribution in [0.3, 0.4) is 0 Å². The van der Waals surface area contributed by atoms with Crippen molar-refractivity contribution in [3.05, 3.63) is 22.2 Å². The van der Waals surface area contributed by atoms with Crippen LogP contribution >= 0.6 is 0 Å². The molecule has 1 N–H and O–H groups in total. The van der Waals surface area contributed by atoms with Gasteiger partial charge >= 0.3 is 5.69 Å². The largest absolute Gasteiger partial charge is 0.381 e. The summed E-state index contributed by atoms with van der Waals surface area (Å²) in [7, 11) is 1.89. The molecule has 0 atom stereocenters. The third-order valence-electron chi connectivity index (χ3n) is 2.95. The molecule has 0 radical (unpaired) electrons. The maximum Gasteiger partial charge on any atom is 0.347 e. The van der Waals surface area contributed by atoms with Crippen molar-refractivity contribution in [3.8, 4) is 6.07 Å². The predicted octanol–water partition coefficient (Wildman–Crippen LogP) is 0.257. The van der Waals surface area contributed by atoms with Gasteiger partial charge in [0.1, 0.15) is 17.6 Å². The number of H-pyrrole nitrogens is 1. The van der Waals surface area contributed by atoms with E-state index in [4.69, 9.17) is 10.00 Å². The number of hydrogen-bond donors (Lipinski definition) is 1. The number of nitriles is 1. The first-order chi connectivity index (χ1) is 8.20. The first kappa shape index (κ1) is 11.6. The van der Waals surface area contributed by atoms with Gasteiger partial charge in [0, 0.05) is 32.4 Å². The van der Waals surface area contributed by atoms with E-state index in [9.17, 15) is 4.79 Å². The minimum Gasteiger partial charge on any atom is -0.381 e. The van der Waals surface area contributed by atoms with Gasteiger partial charge in [0.15, 0.2) is 0 Å². The molecule has 0 saturated carbocycles. The summed E-state index contributed by atoms with van der Waals surface area (Å²) in [5, 5.41) is 8.79. The van der Waals surface area contributed by atoms with Crippen LogP contribution in [0.15, 0.2) is 10.9 Å². The summed E-state index contributed by atoms with van der Waals surface area (Å²) in [5.74, 6) is 0.539. The lowest BCUT2D eigenvalue weighted by molar-refractivity contribution is 0.0853. The van der Waals surface area contributed by atoms with E-state index in [1.165, 1.54) is 0 Å². The van der Waals surface area contributed by atoms with Crippen LogP contribution in [-0.4, -0.2) is 36.3 Å². The molecule has 2 heterocycles. The highest BCUT2D eigenvalue weighted by Gasteiger charge is 2.20. The van der Waals surface area contributed by atoms with Gasteiger partial charge < -0.3 is 9.64 Å². The van der Waals surface area contributed by atoms with Gasteiger partial charge in [0.25, 0.3) is 0 Å². The number of nitrogens with one attached hydrogen (secondary N) is 1. The first-order valence-corrected chi connectivity index (χ1v) is 5.53. The van der Waals surface area contributed by atoms with E-state index in [1.54, 1.807) is 6.07 Å². The standard InChI is InChI=1S/C11H14N4O2/c1-15(9-2-4-17-5-3-9)10-6-8(7-12)13-11(16)14-10/h6,9H,2-5H2,1H3,(H,13,14,16). The summed E-state index contributed by atoms with van der Waals surface area (Å²) in [6.07, 6.45) is 1.82. The minimum absolute atomic E-state index is 0.235. The van der Waals surface area contributed by atoms with Crippen LogP contribution < -0.4 is 10.6 Å². The van der Waals surface area contributed by atoms with Crippen LogP contribution in [0, 0.1) is 11.3 Å². The third kappa shape index (κ3) is 2.63. The Morgan fingerprint density at radius 3 is 2.94 bits per heavy atom. The topological polar surface area (TPSA) is 82.0 Å². The molecule has 1 aliphatic heterocycles. The first-order valence-electron chi connectivity index (χ1n) is 5.53. The van der Waals surface area contributed by atoms with Crippen molar-refractivity contribution in [2.45, 2.75) is 18.9 Å². The summed E-state index contributed by atoms with van der Waals surface area (Å²) in [5.41, 5.74) is -0.253. The summed E-state index contributed by atoms with van der Waals surface area (Å²) < 4.78 is 5.29. The highest BCUT2D eigenvalue weighted by atomic mass is 16.5. The molecular formula is C11H14N4O2. The number of aromatic nitrogens is 2. The average Bonchev–Trinajstić information content (AvgIpc) is 2.38. The lowest BCUT2D eigenvalue weighted by Gasteiger charge is -2.31. The van der Waals surface area contributed by atoms with Crippen LogP contribution in [0.1, 0.15) is 18.5 Å². The normalized spacial score (nSPS) is 16.5. The summed E-state index contributed by atoms with van der Waals surface area (Å²) >= 11 is 0. The van der Waals surface area contributed by atoms with Crippen molar-refractivity contribution in [3.63, 3.8) is 0 Å². The van der Waals surface area contributed by atoms with Gasteiger partial charge in [-0.05, 0) is 12.8 Å². The number of ether oxygens (including phenoxy) is 1. The van der Waals surface area contributed by atoms with Crippen molar-refractivity contribution in [1.29, 1.82) is 5.26 Å². The summed E-state index contributed by atoms with van der Waals surface area (Å²) in [6, 6.07) is 3.82. The quantitative estimate of drug-likeness (QED) is 0.793. The molecular weight excluding hydrogens is 220 g/mol. The Labute approximate surface area is 98.8 Å². The van der Waals surface area contributed by atoms with Gasteiger partial charge in [-0.1, -0.05) is 0 Å². The molecule has 6 heteroatoms. The smallest absolute Gasteiger partial charge is 0.347 e. The molecule has 6 nitrogen and oxygen atoms in total. The number of aromatic amines is 1. The van der Waals surface area contributed by atoms with E-state index in [0.29, 0.717) is 11.9 Å². The van der Waals surface area contributed by atoms with E-state index in [2.05, 4.69) is 9.97 Å². The number of hydrogen-bond acceptors (Lipinski definition) is 5. The minimum atomic E-state index is -0.488. The van der Waals surface area contributed by atoms with Crippen molar-refractivity contribution in [2.75, 3.05) is 25.2 Å². The zero-order valence-electron chi connectivity index (χ0n) is 9.64. The second-order valence-electron chi connectivity index (χ2n) is 4.02. The highest BCUT2D eigenvalue weighted by molar-refractivity contribution is 5.42. The van der Waals surface area contributed by atoms with E-state index in [0.717, 1.165) is 26.1 Å². The molecule has 2 rings (SSSR count). The fourth-order valence-corrected chi connectivity index (χ4v) is 1.95. The Morgan fingerprint density at radius 1 is 1.59 bits per heavy atom. The Morgan fingerprint density at radius 2 is 2.29 bits per heavy atom. The number of nitrogens with zero attached hydrogens (tertiary/aromatic N) is 3. The molecule has 1 aromatic rings. The summed E-state index contributed by atoms with van der Waals surface area (Å²) in [6.45, 7) is 1.45. The highest BCUT2D eigenvalue weighted by Crippen LogP contribution is 2.18. The Hall–Kier alpha value is -1.87. The molecule has 0 aromatic carbocycles. The molecule has 17 heavy (non-hydrogen) atoms. The number of anilines is 1. The molecule has 1 fully saturated rings. The average molecular weight is 234 g/mol. The summed E-state index contributed by atoms with van der Waals surface area (Å²) in [4.78, 5) is 19.5. The Bertz CT molecular complexity index is 485. The van der Waals surface area contributed by atoms with Crippen molar-refractivity contribution in [2.24, 2.45) is 0 Å². The van der Waals surface area contributed by atoms with Gasteiger partial charge in [0.2, 0.25) is 0 Å². The molecule has 0 spiro atoms. The fourth-order valence-electron chi connectivity index (χ4n) is 1.95. The van der Waals surface area contributed by atoms with Crippen LogP contribution in [0.25, 0.3) is 0 Å². The van der Waals surface area contributed by atoms with Crippen LogP contribution in [0.4, 0.5) is 5.82 Å². The Balaban J connectivity index is 2.23. The molecule has 1 aliphatic rings. The Kier molecular flexibility index (Phi) is 3.40. The van der Waals surface area contributed by atoms with E-state index < -0.39 is 5.69 Å². The third-order valence-corrected chi connectivity index (χ3v) is 2.95. The van der Waals surface area contributed by atoms with E-state index >= 15 is 0 Å². The molecule has 0 unspecified atom stereocenters. The lowest BCUT2D eigenvalue weighted by Crippen LogP contribution is -2.38. The van der Waals surface area contributed by atoms with Gasteiger partial charge in [-0.15, -0.1) is 0 Å². The predicted molar refractivity (Wildman–Crippen MR) is 61.8 cm³/mol. The van der Waals surface area contributed by atoms with E-state index in [-0.39, 0.29) is 5.69 Å². The molecule has 1 aromatic heterocycles. The van der Waals surface area contributed by atoms with Gasteiger partial charge in [-0.3, -0.25) is 4.98 Å². The van der Waals surface area contributed by atoms with Gasteiger partial charge in [0.05, 0.1) is 0 Å². The second-order valence-corrected chi connectivity index (χ2v) is 4.02. The second kappa shape index (κ2) is 4.97. The SMILES string of the molecule is CN(c1cc(C#N)[nH]c(=O)n1)C1CCOCC1. The van der Waals surface area contributed by atoms with Crippen molar-refractivity contribution in [1.82, 2.24) is 9.97 Å². The van der Waals surface area contributed by atoms with Crippen molar-refractivity contribution < 1.29 is 4.74 Å². The zero-order valence-corrected chi connectivity index (χ0v) is 9.64. The monoisotopic (exact) mass is 234 g/mol. The maximum absolute atomic E-state index is 11.3. The fraction of sp³-hybridized carbons (Fsp3) is 0.545. The molecule has 0 bridgehead atoms. The number of rotatable bonds is 2. The zero-order chi connectivity index (χ0) is 12.3. The van der Waals surface area contributed by atoms with Crippen LogP contribution in [-0.2, 0) is 4.74 Å². The van der Waals surface area contributed by atoms with Gasteiger partial charge in [-0.2, -0.15) is 10.2 Å². The molecule has 0 aliphatic carbocycles. The van der Waals surface area contributed by atoms with Crippen LogP contribution in [0.2, 0.25) is 0 Å². The van der Waals surface area contributed by atoms with Crippen LogP contribution in [0.5, 0.6) is 0 Å². The molecule has 1 saturated heterocycles. The van der Waals surface area contributed by atoms with Crippen molar-refractivity contribution >= 4 is 5.82 Å².